The van der Waals surface area contributed by atoms with Crippen LogP contribution in [0.1, 0.15) is 12.0 Å². The number of aryl methyl sites for hydroxylation is 2. The Kier molecular flexibility index (Phi) is 4.59. The first-order valence-corrected chi connectivity index (χ1v) is 9.41. The predicted octanol–water partition coefficient (Wildman–Crippen LogP) is 1.43. The first-order chi connectivity index (χ1) is 13.0. The van der Waals surface area contributed by atoms with Gasteiger partial charge in [0.1, 0.15) is 0 Å². The van der Waals surface area contributed by atoms with Gasteiger partial charge in [-0.25, -0.2) is 4.98 Å². The number of piperazine rings is 1. The van der Waals surface area contributed by atoms with E-state index in [4.69, 9.17) is 0 Å². The van der Waals surface area contributed by atoms with E-state index in [9.17, 15) is 9.59 Å². The Hall–Kier alpha value is -2.83. The summed E-state index contributed by atoms with van der Waals surface area (Å²) < 4.78 is 1.99. The van der Waals surface area contributed by atoms with Gasteiger partial charge in [-0.1, -0.05) is 17.7 Å². The fourth-order valence-corrected chi connectivity index (χ4v) is 3.89. The lowest BCUT2D eigenvalue weighted by Crippen LogP contribution is -2.51. The molecule has 2 aliphatic rings. The molecule has 1 aromatic heterocycles. The van der Waals surface area contributed by atoms with Crippen LogP contribution in [0.4, 0.5) is 11.6 Å². The molecule has 0 spiro atoms. The van der Waals surface area contributed by atoms with Crippen molar-refractivity contribution in [2.45, 2.75) is 13.3 Å². The molecule has 1 aromatic carbocycles. The van der Waals surface area contributed by atoms with Crippen molar-refractivity contribution >= 4 is 23.5 Å². The number of nitrogens with zero attached hydrogens (tertiary/aromatic N) is 5. The highest BCUT2D eigenvalue weighted by atomic mass is 16.2. The minimum absolute atomic E-state index is 0.0313. The molecule has 4 rings (SSSR count). The van der Waals surface area contributed by atoms with Crippen LogP contribution in [0.5, 0.6) is 0 Å². The van der Waals surface area contributed by atoms with Gasteiger partial charge in [0.25, 0.3) is 0 Å². The number of hydrogen-bond donors (Lipinski definition) is 0. The third-order valence-electron chi connectivity index (χ3n) is 5.49. The Labute approximate surface area is 159 Å². The van der Waals surface area contributed by atoms with Gasteiger partial charge in [-0.15, -0.1) is 0 Å². The Bertz CT molecular complexity index is 836. The van der Waals surface area contributed by atoms with Crippen LogP contribution >= 0.6 is 0 Å². The van der Waals surface area contributed by atoms with Gasteiger partial charge in [0.05, 0.1) is 5.92 Å². The quantitative estimate of drug-likeness (QED) is 0.823. The van der Waals surface area contributed by atoms with Crippen LogP contribution in [0, 0.1) is 12.8 Å². The summed E-state index contributed by atoms with van der Waals surface area (Å²) in [5.74, 6) is 0.809. The molecular weight excluding hydrogens is 342 g/mol. The zero-order valence-corrected chi connectivity index (χ0v) is 15.8. The monoisotopic (exact) mass is 367 g/mol. The Morgan fingerprint density at radius 2 is 1.81 bits per heavy atom. The average molecular weight is 367 g/mol. The molecule has 142 valence electrons. The summed E-state index contributed by atoms with van der Waals surface area (Å²) in [6.45, 7) is 5.35. The van der Waals surface area contributed by atoms with Crippen LogP contribution < -0.4 is 9.80 Å². The van der Waals surface area contributed by atoms with Crippen LogP contribution in [0.3, 0.4) is 0 Å². The van der Waals surface area contributed by atoms with Gasteiger partial charge in [-0.05, 0) is 19.1 Å². The number of rotatable bonds is 3. The van der Waals surface area contributed by atoms with Gasteiger partial charge in [0.2, 0.25) is 17.8 Å². The van der Waals surface area contributed by atoms with Crippen molar-refractivity contribution in [3.63, 3.8) is 0 Å². The van der Waals surface area contributed by atoms with E-state index in [1.165, 1.54) is 0 Å². The van der Waals surface area contributed by atoms with Crippen LogP contribution in [0.15, 0.2) is 36.7 Å². The highest BCUT2D eigenvalue weighted by Crippen LogP contribution is 2.27. The Balaban J connectivity index is 1.37. The molecule has 0 radical (unpaired) electrons. The second-order valence-electron chi connectivity index (χ2n) is 7.39. The summed E-state index contributed by atoms with van der Waals surface area (Å²) in [5.41, 5.74) is 2.03. The highest BCUT2D eigenvalue weighted by molar-refractivity contribution is 6.00. The summed E-state index contributed by atoms with van der Waals surface area (Å²) in [5, 5.41) is 0. The minimum Gasteiger partial charge on any atom is -0.339 e. The fourth-order valence-electron chi connectivity index (χ4n) is 3.89. The molecule has 0 unspecified atom stereocenters. The molecule has 2 amide bonds. The van der Waals surface area contributed by atoms with E-state index in [0.29, 0.717) is 26.1 Å². The molecular formula is C20H25N5O2. The predicted molar refractivity (Wildman–Crippen MR) is 104 cm³/mol. The topological polar surface area (TPSA) is 61.7 Å². The third kappa shape index (κ3) is 3.41. The van der Waals surface area contributed by atoms with E-state index in [2.05, 4.69) is 9.88 Å². The van der Waals surface area contributed by atoms with Crippen LogP contribution in [0.25, 0.3) is 0 Å². The molecule has 27 heavy (non-hydrogen) atoms. The number of aromatic nitrogens is 2. The molecule has 0 aliphatic carbocycles. The molecule has 1 atom stereocenters. The molecule has 2 aliphatic heterocycles. The summed E-state index contributed by atoms with van der Waals surface area (Å²) in [7, 11) is 1.98. The van der Waals surface area contributed by atoms with E-state index in [1.807, 2.05) is 53.9 Å². The van der Waals surface area contributed by atoms with Crippen molar-refractivity contribution in [3.8, 4) is 0 Å². The maximum Gasteiger partial charge on any atom is 0.228 e. The van der Waals surface area contributed by atoms with Crippen molar-refractivity contribution in [2.75, 3.05) is 42.5 Å². The minimum atomic E-state index is -0.251. The van der Waals surface area contributed by atoms with Crippen molar-refractivity contribution in [1.29, 1.82) is 0 Å². The van der Waals surface area contributed by atoms with Gasteiger partial charge in [0, 0.05) is 64.3 Å². The van der Waals surface area contributed by atoms with E-state index in [1.54, 1.807) is 11.1 Å². The lowest BCUT2D eigenvalue weighted by atomic mass is 10.1. The number of imidazole rings is 1. The summed E-state index contributed by atoms with van der Waals surface area (Å²) >= 11 is 0. The standard InChI is InChI=1S/C20H25N5O2/c1-15-3-5-17(6-4-15)25-14-16(13-18(25)26)19(27)23-9-11-24(12-10-23)20-21-7-8-22(20)2/h3-8,16H,9-14H2,1-2H3/t16-/m1/s1. The van der Waals surface area contributed by atoms with Crippen LogP contribution in [-0.4, -0.2) is 59.0 Å². The van der Waals surface area contributed by atoms with E-state index >= 15 is 0 Å². The van der Waals surface area contributed by atoms with Crippen molar-refractivity contribution in [3.05, 3.63) is 42.2 Å². The normalized spacial score (nSPS) is 20.4. The summed E-state index contributed by atoms with van der Waals surface area (Å²) in [4.78, 5) is 35.6. The Morgan fingerprint density at radius 3 is 2.44 bits per heavy atom. The molecule has 2 aromatic rings. The second-order valence-corrected chi connectivity index (χ2v) is 7.39. The van der Waals surface area contributed by atoms with Crippen molar-refractivity contribution in [2.24, 2.45) is 13.0 Å². The molecule has 0 bridgehead atoms. The van der Waals surface area contributed by atoms with Gasteiger partial charge in [0.15, 0.2) is 0 Å². The highest BCUT2D eigenvalue weighted by Gasteiger charge is 2.38. The number of amides is 2. The van der Waals surface area contributed by atoms with E-state index < -0.39 is 0 Å². The van der Waals surface area contributed by atoms with Crippen LogP contribution in [-0.2, 0) is 16.6 Å². The van der Waals surface area contributed by atoms with Gasteiger partial charge in [-0.3, -0.25) is 9.59 Å². The third-order valence-corrected chi connectivity index (χ3v) is 5.49. The van der Waals surface area contributed by atoms with Gasteiger partial charge in [-0.2, -0.15) is 0 Å². The average Bonchev–Trinajstić information content (AvgIpc) is 3.28. The van der Waals surface area contributed by atoms with Gasteiger partial charge >= 0.3 is 0 Å². The largest absolute Gasteiger partial charge is 0.339 e. The summed E-state index contributed by atoms with van der Waals surface area (Å²) in [6, 6.07) is 7.89. The maximum atomic E-state index is 12.9. The number of carbonyl (C=O) groups excluding carboxylic acids is 2. The molecule has 7 nitrogen and oxygen atoms in total. The van der Waals surface area contributed by atoms with Crippen molar-refractivity contribution < 1.29 is 9.59 Å². The molecule has 2 saturated heterocycles. The summed E-state index contributed by atoms with van der Waals surface area (Å²) in [6.07, 6.45) is 4.01. The number of hydrogen-bond acceptors (Lipinski definition) is 4. The lowest BCUT2D eigenvalue weighted by molar-refractivity contribution is -0.136. The number of anilines is 2. The fraction of sp³-hybridized carbons (Fsp3) is 0.450. The molecule has 7 heteroatoms. The van der Waals surface area contributed by atoms with E-state index in [0.717, 1.165) is 30.3 Å². The molecule has 2 fully saturated rings. The maximum absolute atomic E-state index is 12.9. The zero-order chi connectivity index (χ0) is 19.0. The molecule has 0 saturated carbocycles. The van der Waals surface area contributed by atoms with Crippen LogP contribution in [0.2, 0.25) is 0 Å². The molecule has 0 N–H and O–H groups in total. The van der Waals surface area contributed by atoms with E-state index in [-0.39, 0.29) is 17.7 Å². The second kappa shape index (κ2) is 7.06. The smallest absolute Gasteiger partial charge is 0.228 e. The first-order valence-electron chi connectivity index (χ1n) is 9.41. The number of benzene rings is 1. The van der Waals surface area contributed by atoms with Crippen molar-refractivity contribution in [1.82, 2.24) is 14.5 Å². The zero-order valence-electron chi connectivity index (χ0n) is 15.8. The Morgan fingerprint density at radius 1 is 1.11 bits per heavy atom. The SMILES string of the molecule is Cc1ccc(N2C[C@H](C(=O)N3CCN(c4nccn4C)CC3)CC2=O)cc1. The van der Waals surface area contributed by atoms with Gasteiger partial charge < -0.3 is 19.3 Å². The molecule has 3 heterocycles. The lowest BCUT2D eigenvalue weighted by Gasteiger charge is -2.36. The first kappa shape index (κ1) is 17.6. The number of carbonyl (C=O) groups is 2.